The first-order chi connectivity index (χ1) is 12.7. The number of para-hydroxylation sites is 1. The number of rotatable bonds is 5. The minimum Gasteiger partial charge on any atom is -0.396 e. The smallest absolute Gasteiger partial charge is 0.212 e. The number of benzene rings is 2. The van der Waals surface area contributed by atoms with Crippen molar-refractivity contribution in [2.45, 2.75) is 19.8 Å². The Kier molecular flexibility index (Phi) is 4.76. The number of hydrogen-bond donors (Lipinski definition) is 1. The normalized spacial score (nSPS) is 11.3. The third-order valence-electron chi connectivity index (χ3n) is 4.28. The molecule has 0 amide bonds. The fourth-order valence-corrected chi connectivity index (χ4v) is 4.08. The van der Waals surface area contributed by atoms with Crippen molar-refractivity contribution < 1.29 is 5.11 Å². The van der Waals surface area contributed by atoms with Crippen LogP contribution in [0.15, 0.2) is 48.5 Å². The Morgan fingerprint density at radius 2 is 1.96 bits per heavy atom. The van der Waals surface area contributed by atoms with Gasteiger partial charge in [-0.3, -0.25) is 0 Å². The molecule has 0 unspecified atom stereocenters. The van der Waals surface area contributed by atoms with E-state index < -0.39 is 0 Å². The number of hydrogen-bond acceptors (Lipinski definition) is 4. The van der Waals surface area contributed by atoms with Gasteiger partial charge in [0.05, 0.1) is 21.6 Å². The van der Waals surface area contributed by atoms with Crippen LogP contribution in [0.25, 0.3) is 26.6 Å². The van der Waals surface area contributed by atoms with Crippen molar-refractivity contribution in [2.75, 3.05) is 6.61 Å². The van der Waals surface area contributed by atoms with E-state index in [4.69, 9.17) is 26.8 Å². The summed E-state index contributed by atoms with van der Waals surface area (Å²) in [6.07, 6.45) is 1.42. The lowest BCUT2D eigenvalue weighted by atomic mass is 10.1. The number of aliphatic hydroxyl groups excluding tert-OH is 1. The van der Waals surface area contributed by atoms with Crippen molar-refractivity contribution in [3.8, 4) is 16.4 Å². The van der Waals surface area contributed by atoms with Crippen molar-refractivity contribution in [2.24, 2.45) is 0 Å². The Morgan fingerprint density at radius 1 is 1.15 bits per heavy atom. The quantitative estimate of drug-likeness (QED) is 0.525. The topological polar surface area (TPSA) is 50.9 Å². The molecule has 4 nitrogen and oxygen atoms in total. The van der Waals surface area contributed by atoms with E-state index in [-0.39, 0.29) is 6.61 Å². The summed E-state index contributed by atoms with van der Waals surface area (Å²) in [5.41, 5.74) is 5.13. The summed E-state index contributed by atoms with van der Waals surface area (Å²) < 4.78 is 3.05. The van der Waals surface area contributed by atoms with Gasteiger partial charge in [-0.15, -0.1) is 0 Å². The maximum Gasteiger partial charge on any atom is 0.212 e. The number of aromatic nitrogens is 3. The molecule has 0 radical (unpaired) electrons. The molecule has 0 aliphatic rings. The molecule has 26 heavy (non-hydrogen) atoms. The largest absolute Gasteiger partial charge is 0.396 e. The summed E-state index contributed by atoms with van der Waals surface area (Å²) >= 11 is 7.67. The lowest BCUT2D eigenvalue weighted by Gasteiger charge is -2.04. The first-order valence-electron chi connectivity index (χ1n) is 8.48. The highest BCUT2D eigenvalue weighted by molar-refractivity contribution is 7.20. The minimum atomic E-state index is 0.156. The van der Waals surface area contributed by atoms with Gasteiger partial charge in [0.1, 0.15) is 0 Å². The number of aryl methyl sites for hydroxylation is 2. The highest BCUT2D eigenvalue weighted by atomic mass is 35.5. The van der Waals surface area contributed by atoms with Gasteiger partial charge in [0.25, 0.3) is 0 Å². The summed E-state index contributed by atoms with van der Waals surface area (Å²) in [4.78, 5) is 4.82. The molecule has 0 aliphatic carbocycles. The van der Waals surface area contributed by atoms with Gasteiger partial charge in [-0.05, 0) is 49.6 Å². The van der Waals surface area contributed by atoms with E-state index in [1.165, 1.54) is 0 Å². The third-order valence-corrected chi connectivity index (χ3v) is 5.53. The Hall–Kier alpha value is -2.21. The summed E-state index contributed by atoms with van der Waals surface area (Å²) in [5.74, 6) is 0. The van der Waals surface area contributed by atoms with Crippen LogP contribution in [0.5, 0.6) is 0 Å². The van der Waals surface area contributed by atoms with Gasteiger partial charge >= 0.3 is 0 Å². The Labute approximate surface area is 160 Å². The Balaban J connectivity index is 1.85. The molecular weight excluding hydrogens is 366 g/mol. The molecule has 4 rings (SSSR count). The minimum absolute atomic E-state index is 0.156. The van der Waals surface area contributed by atoms with E-state index in [1.54, 1.807) is 11.3 Å². The first-order valence-corrected chi connectivity index (χ1v) is 9.67. The fourth-order valence-electron chi connectivity index (χ4n) is 2.95. The fraction of sp³-hybridized carbons (Fsp3) is 0.200. The zero-order valence-electron chi connectivity index (χ0n) is 14.3. The predicted octanol–water partition coefficient (Wildman–Crippen LogP) is 5.04. The standard InChI is InChI=1S/C20H18ClN3OS/c1-13-4-2-6-18-19(13)22-20(26-18)24-17(12-16(23-24)5-3-11-25)14-7-9-15(21)10-8-14/h2,4,6-10,12,25H,3,5,11H2,1H3. The second-order valence-corrected chi connectivity index (χ2v) is 7.63. The monoisotopic (exact) mass is 383 g/mol. The molecule has 0 aliphatic heterocycles. The highest BCUT2D eigenvalue weighted by Crippen LogP contribution is 2.31. The van der Waals surface area contributed by atoms with Gasteiger partial charge in [-0.2, -0.15) is 5.10 Å². The maximum atomic E-state index is 9.13. The number of nitrogens with zero attached hydrogens (tertiary/aromatic N) is 3. The molecule has 2 aromatic carbocycles. The molecule has 0 saturated heterocycles. The van der Waals surface area contributed by atoms with E-state index in [1.807, 2.05) is 28.9 Å². The number of halogens is 1. The Morgan fingerprint density at radius 3 is 2.69 bits per heavy atom. The van der Waals surface area contributed by atoms with Crippen LogP contribution in [0.1, 0.15) is 17.7 Å². The SMILES string of the molecule is Cc1cccc2sc(-n3nc(CCCO)cc3-c3ccc(Cl)cc3)nc12. The van der Waals surface area contributed by atoms with Crippen molar-refractivity contribution in [1.29, 1.82) is 0 Å². The molecule has 0 fully saturated rings. The van der Waals surface area contributed by atoms with E-state index >= 15 is 0 Å². The Bertz CT molecular complexity index is 1050. The van der Waals surface area contributed by atoms with E-state index in [0.29, 0.717) is 11.4 Å². The molecule has 0 saturated carbocycles. The summed E-state index contributed by atoms with van der Waals surface area (Å²) in [5, 5.41) is 15.4. The van der Waals surface area contributed by atoms with Crippen LogP contribution in [0, 0.1) is 6.92 Å². The van der Waals surface area contributed by atoms with Gasteiger partial charge in [0, 0.05) is 17.2 Å². The molecule has 1 N–H and O–H groups in total. The second kappa shape index (κ2) is 7.19. The molecular formula is C20H18ClN3OS. The number of fused-ring (bicyclic) bond motifs is 1. The van der Waals surface area contributed by atoms with E-state index in [0.717, 1.165) is 44.3 Å². The van der Waals surface area contributed by atoms with E-state index in [9.17, 15) is 0 Å². The summed E-state index contributed by atoms with van der Waals surface area (Å²) in [6.45, 7) is 2.23. The number of aliphatic hydroxyl groups is 1. The van der Waals surface area contributed by atoms with Gasteiger partial charge in [0.2, 0.25) is 5.13 Å². The van der Waals surface area contributed by atoms with Crippen molar-refractivity contribution in [1.82, 2.24) is 14.8 Å². The van der Waals surface area contributed by atoms with Crippen LogP contribution < -0.4 is 0 Å². The zero-order chi connectivity index (χ0) is 18.1. The van der Waals surface area contributed by atoms with Gasteiger partial charge < -0.3 is 5.11 Å². The van der Waals surface area contributed by atoms with E-state index in [2.05, 4.69) is 31.2 Å². The van der Waals surface area contributed by atoms with Crippen molar-refractivity contribution in [3.05, 3.63) is 64.8 Å². The van der Waals surface area contributed by atoms with Gasteiger partial charge in [-0.25, -0.2) is 9.67 Å². The molecule has 2 heterocycles. The predicted molar refractivity (Wildman–Crippen MR) is 107 cm³/mol. The van der Waals surface area contributed by atoms with Crippen LogP contribution in [0.3, 0.4) is 0 Å². The summed E-state index contributed by atoms with van der Waals surface area (Å²) in [6, 6.07) is 16.0. The second-order valence-electron chi connectivity index (χ2n) is 6.18. The van der Waals surface area contributed by atoms with Gasteiger partial charge in [-0.1, -0.05) is 47.2 Å². The maximum absolute atomic E-state index is 9.13. The molecule has 132 valence electrons. The van der Waals surface area contributed by atoms with Crippen molar-refractivity contribution >= 4 is 33.2 Å². The van der Waals surface area contributed by atoms with Crippen LogP contribution in [0.2, 0.25) is 5.02 Å². The molecule has 0 atom stereocenters. The average molecular weight is 384 g/mol. The lowest BCUT2D eigenvalue weighted by Crippen LogP contribution is -1.99. The van der Waals surface area contributed by atoms with Crippen LogP contribution >= 0.6 is 22.9 Å². The lowest BCUT2D eigenvalue weighted by molar-refractivity contribution is 0.288. The summed E-state index contributed by atoms with van der Waals surface area (Å²) in [7, 11) is 0. The highest BCUT2D eigenvalue weighted by Gasteiger charge is 2.15. The zero-order valence-corrected chi connectivity index (χ0v) is 15.9. The first kappa shape index (κ1) is 17.2. The molecule has 4 aromatic rings. The van der Waals surface area contributed by atoms with Crippen LogP contribution in [-0.2, 0) is 6.42 Å². The van der Waals surface area contributed by atoms with Crippen LogP contribution in [0.4, 0.5) is 0 Å². The molecule has 0 bridgehead atoms. The van der Waals surface area contributed by atoms with Crippen molar-refractivity contribution in [3.63, 3.8) is 0 Å². The molecule has 0 spiro atoms. The molecule has 2 aromatic heterocycles. The third kappa shape index (κ3) is 3.26. The number of thiazole rings is 1. The van der Waals surface area contributed by atoms with Crippen LogP contribution in [-0.4, -0.2) is 26.5 Å². The molecule has 6 heteroatoms. The average Bonchev–Trinajstić information content (AvgIpc) is 3.25. The van der Waals surface area contributed by atoms with Gasteiger partial charge in [0.15, 0.2) is 0 Å².